The molecule has 6 nitrogen and oxygen atoms in total. The molecule has 0 spiro atoms. The van der Waals surface area contributed by atoms with Crippen molar-refractivity contribution >= 4 is 28.3 Å². The van der Waals surface area contributed by atoms with Gasteiger partial charge in [0.1, 0.15) is 5.75 Å². The molecule has 25 heavy (non-hydrogen) atoms. The fraction of sp³-hybridized carbons (Fsp3) is 0.222. The molecule has 1 atom stereocenters. The number of nitrogens with zero attached hydrogens (tertiary/aromatic N) is 1. The van der Waals surface area contributed by atoms with Gasteiger partial charge in [0, 0.05) is 47.2 Å². The van der Waals surface area contributed by atoms with Gasteiger partial charge in [0.15, 0.2) is 0 Å². The predicted octanol–water partition coefficient (Wildman–Crippen LogP) is 2.39. The summed E-state index contributed by atoms with van der Waals surface area (Å²) in [4.78, 5) is 26.6. The van der Waals surface area contributed by atoms with Gasteiger partial charge in [-0.05, 0) is 42.5 Å². The Hall–Kier alpha value is -2.67. The van der Waals surface area contributed by atoms with Crippen LogP contribution in [-0.2, 0) is 10.8 Å². The number of nitrogens with one attached hydrogen (secondary N) is 1. The minimum atomic E-state index is -1.10. The molecular formula is C18H20N2O4S. The Bertz CT molecular complexity index is 816. The summed E-state index contributed by atoms with van der Waals surface area (Å²) in [5.41, 5.74) is 1.27. The summed E-state index contributed by atoms with van der Waals surface area (Å²) in [6, 6.07) is 11.4. The van der Waals surface area contributed by atoms with E-state index in [4.69, 9.17) is 4.74 Å². The average Bonchev–Trinajstić information content (AvgIpc) is 2.60. The molecule has 0 saturated carbocycles. The molecule has 0 bridgehead atoms. The molecule has 7 heteroatoms. The van der Waals surface area contributed by atoms with Crippen molar-refractivity contribution in [2.24, 2.45) is 0 Å². The predicted molar refractivity (Wildman–Crippen MR) is 97.7 cm³/mol. The van der Waals surface area contributed by atoms with Crippen LogP contribution in [0.5, 0.6) is 5.75 Å². The van der Waals surface area contributed by atoms with Gasteiger partial charge >= 0.3 is 0 Å². The Morgan fingerprint density at radius 2 is 1.64 bits per heavy atom. The molecule has 0 heterocycles. The van der Waals surface area contributed by atoms with E-state index in [9.17, 15) is 13.8 Å². The van der Waals surface area contributed by atoms with Crippen LogP contribution in [0, 0.1) is 0 Å². The highest BCUT2D eigenvalue weighted by Crippen LogP contribution is 2.26. The second-order valence-corrected chi connectivity index (χ2v) is 6.93. The maximum Gasteiger partial charge on any atom is 0.255 e. The van der Waals surface area contributed by atoms with Crippen molar-refractivity contribution < 1.29 is 18.5 Å². The topological polar surface area (TPSA) is 75.7 Å². The standard InChI is InChI=1S/C18H20N2O4S/c1-20(2)18(22)13-7-10-16(24-3)15(11-13)19-17(21)12-5-8-14(9-6-12)25(4)23/h5-11H,1-4H3,(H,19,21)/t25-/m0/s1. The van der Waals surface area contributed by atoms with E-state index in [0.29, 0.717) is 27.5 Å². The molecule has 1 N–H and O–H groups in total. The summed E-state index contributed by atoms with van der Waals surface area (Å²) in [5.74, 6) is -0.0657. The first-order valence-corrected chi connectivity index (χ1v) is 9.04. The zero-order chi connectivity index (χ0) is 18.6. The van der Waals surface area contributed by atoms with E-state index in [1.165, 1.54) is 12.0 Å². The lowest BCUT2D eigenvalue weighted by Gasteiger charge is -2.14. The lowest BCUT2D eigenvalue weighted by atomic mass is 10.1. The zero-order valence-corrected chi connectivity index (χ0v) is 15.3. The molecule has 0 saturated heterocycles. The Labute approximate surface area is 149 Å². The lowest BCUT2D eigenvalue weighted by molar-refractivity contribution is 0.0827. The molecule has 0 aliphatic rings. The van der Waals surface area contributed by atoms with Crippen LogP contribution < -0.4 is 10.1 Å². The molecule has 0 aliphatic carbocycles. The number of hydrogen-bond acceptors (Lipinski definition) is 4. The quantitative estimate of drug-likeness (QED) is 0.888. The first-order valence-electron chi connectivity index (χ1n) is 7.48. The molecule has 2 aromatic carbocycles. The number of carbonyl (C=O) groups excluding carboxylic acids is 2. The van der Waals surface area contributed by atoms with Gasteiger partial charge in [-0.1, -0.05) is 0 Å². The fourth-order valence-corrected chi connectivity index (χ4v) is 2.71. The van der Waals surface area contributed by atoms with Crippen molar-refractivity contribution in [3.63, 3.8) is 0 Å². The van der Waals surface area contributed by atoms with E-state index in [-0.39, 0.29) is 11.8 Å². The number of hydrogen-bond donors (Lipinski definition) is 1. The zero-order valence-electron chi connectivity index (χ0n) is 14.5. The van der Waals surface area contributed by atoms with Crippen molar-refractivity contribution in [3.05, 3.63) is 53.6 Å². The second kappa shape index (κ2) is 7.94. The highest BCUT2D eigenvalue weighted by molar-refractivity contribution is 7.84. The largest absolute Gasteiger partial charge is 0.495 e. The van der Waals surface area contributed by atoms with Crippen molar-refractivity contribution in [2.45, 2.75) is 4.90 Å². The molecule has 2 rings (SSSR count). The van der Waals surface area contributed by atoms with Crippen LogP contribution in [0.4, 0.5) is 5.69 Å². The van der Waals surface area contributed by atoms with E-state index in [1.807, 2.05) is 0 Å². The van der Waals surface area contributed by atoms with Gasteiger partial charge in [-0.15, -0.1) is 0 Å². The molecule has 2 amide bonds. The van der Waals surface area contributed by atoms with Crippen molar-refractivity contribution in [1.82, 2.24) is 4.90 Å². The Morgan fingerprint density at radius 1 is 1.04 bits per heavy atom. The van der Waals surface area contributed by atoms with Gasteiger partial charge in [0.05, 0.1) is 12.8 Å². The second-order valence-electron chi connectivity index (χ2n) is 5.55. The van der Waals surface area contributed by atoms with Crippen molar-refractivity contribution in [3.8, 4) is 5.75 Å². The molecule has 0 fully saturated rings. The summed E-state index contributed by atoms with van der Waals surface area (Å²) in [6.07, 6.45) is 1.58. The summed E-state index contributed by atoms with van der Waals surface area (Å²) >= 11 is 0. The van der Waals surface area contributed by atoms with Crippen LogP contribution >= 0.6 is 0 Å². The van der Waals surface area contributed by atoms with Crippen LogP contribution in [0.2, 0.25) is 0 Å². The van der Waals surface area contributed by atoms with Gasteiger partial charge in [-0.25, -0.2) is 0 Å². The highest BCUT2D eigenvalue weighted by atomic mass is 32.2. The van der Waals surface area contributed by atoms with E-state index in [0.717, 1.165) is 0 Å². The first kappa shape index (κ1) is 18.7. The monoisotopic (exact) mass is 360 g/mol. The summed E-state index contributed by atoms with van der Waals surface area (Å²) < 4.78 is 16.7. The number of amides is 2. The maximum atomic E-state index is 12.4. The average molecular weight is 360 g/mol. The fourth-order valence-electron chi connectivity index (χ4n) is 2.19. The number of benzene rings is 2. The molecule has 0 radical (unpaired) electrons. The summed E-state index contributed by atoms with van der Waals surface area (Å²) in [6.45, 7) is 0. The molecule has 2 aromatic rings. The van der Waals surface area contributed by atoms with E-state index < -0.39 is 10.8 Å². The van der Waals surface area contributed by atoms with Crippen molar-refractivity contribution in [1.29, 1.82) is 0 Å². The van der Waals surface area contributed by atoms with E-state index in [2.05, 4.69) is 5.32 Å². The molecular weight excluding hydrogens is 340 g/mol. The maximum absolute atomic E-state index is 12.4. The first-order chi connectivity index (χ1) is 11.8. The molecule has 0 unspecified atom stereocenters. The summed E-state index contributed by atoms with van der Waals surface area (Å²) in [7, 11) is 3.70. The minimum absolute atomic E-state index is 0.173. The van der Waals surface area contributed by atoms with Crippen LogP contribution in [0.3, 0.4) is 0 Å². The minimum Gasteiger partial charge on any atom is -0.495 e. The molecule has 0 aliphatic heterocycles. The van der Waals surface area contributed by atoms with Gasteiger partial charge < -0.3 is 15.0 Å². The Kier molecular flexibility index (Phi) is 5.93. The van der Waals surface area contributed by atoms with Gasteiger partial charge in [0.25, 0.3) is 11.8 Å². The summed E-state index contributed by atoms with van der Waals surface area (Å²) in [5, 5.41) is 2.75. The van der Waals surface area contributed by atoms with Gasteiger partial charge in [0.2, 0.25) is 0 Å². The Morgan fingerprint density at radius 3 is 2.16 bits per heavy atom. The van der Waals surface area contributed by atoms with Crippen LogP contribution in [0.25, 0.3) is 0 Å². The smallest absolute Gasteiger partial charge is 0.255 e. The van der Waals surface area contributed by atoms with E-state index >= 15 is 0 Å². The van der Waals surface area contributed by atoms with Crippen molar-refractivity contribution in [2.75, 3.05) is 32.8 Å². The van der Waals surface area contributed by atoms with E-state index in [1.54, 1.807) is 62.8 Å². The third-order valence-electron chi connectivity index (χ3n) is 3.55. The van der Waals surface area contributed by atoms with Crippen LogP contribution in [0.15, 0.2) is 47.4 Å². The molecule has 0 aromatic heterocycles. The number of anilines is 1. The Balaban J connectivity index is 2.28. The van der Waals surface area contributed by atoms with Gasteiger partial charge in [-0.3, -0.25) is 13.8 Å². The lowest BCUT2D eigenvalue weighted by Crippen LogP contribution is -2.22. The van der Waals surface area contributed by atoms with Crippen LogP contribution in [-0.4, -0.2) is 48.4 Å². The normalized spacial score (nSPS) is 11.5. The highest BCUT2D eigenvalue weighted by Gasteiger charge is 2.14. The number of rotatable bonds is 5. The number of methoxy groups -OCH3 is 1. The third kappa shape index (κ3) is 4.45. The SMILES string of the molecule is COc1ccc(C(=O)N(C)C)cc1NC(=O)c1ccc([S@](C)=O)cc1. The van der Waals surface area contributed by atoms with Gasteiger partial charge in [-0.2, -0.15) is 0 Å². The number of ether oxygens (including phenoxy) is 1. The number of carbonyl (C=O) groups is 2. The third-order valence-corrected chi connectivity index (χ3v) is 4.49. The van der Waals surface area contributed by atoms with Crippen LogP contribution in [0.1, 0.15) is 20.7 Å². The molecule has 132 valence electrons.